The van der Waals surface area contributed by atoms with Gasteiger partial charge in [-0.3, -0.25) is 14.4 Å². The van der Waals surface area contributed by atoms with E-state index < -0.39 is 18.0 Å². The number of nitrogens with zero attached hydrogens (tertiary/aromatic N) is 1. The fraction of sp³-hybridized carbons (Fsp3) is 0.421. The van der Waals surface area contributed by atoms with Crippen molar-refractivity contribution in [2.24, 2.45) is 5.92 Å². The highest BCUT2D eigenvalue weighted by atomic mass is 16.5. The maximum atomic E-state index is 12.6. The summed E-state index contributed by atoms with van der Waals surface area (Å²) in [6.45, 7) is 0.189. The quantitative estimate of drug-likeness (QED) is 0.672. The first-order chi connectivity index (χ1) is 12.0. The van der Waals surface area contributed by atoms with E-state index in [1.807, 2.05) is 30.3 Å². The first kappa shape index (κ1) is 18.7. The zero-order valence-corrected chi connectivity index (χ0v) is 14.3. The monoisotopic (exact) mass is 345 g/mol. The molecule has 0 aliphatic carbocycles. The predicted octanol–water partition coefficient (Wildman–Crippen LogP) is 2.56. The van der Waals surface area contributed by atoms with Gasteiger partial charge in [0.25, 0.3) is 0 Å². The van der Waals surface area contributed by atoms with Crippen molar-refractivity contribution in [2.45, 2.75) is 31.8 Å². The number of ether oxygens (including phenoxy) is 1. The van der Waals surface area contributed by atoms with Crippen LogP contribution in [0, 0.1) is 5.92 Å². The summed E-state index contributed by atoms with van der Waals surface area (Å²) >= 11 is 0. The molecule has 1 aromatic carbocycles. The number of allylic oxidation sites excluding steroid dienone is 2. The van der Waals surface area contributed by atoms with Gasteiger partial charge in [-0.25, -0.2) is 0 Å². The van der Waals surface area contributed by atoms with Crippen LogP contribution in [0.5, 0.6) is 0 Å². The highest BCUT2D eigenvalue weighted by molar-refractivity contribution is 5.83. The highest BCUT2D eigenvalue weighted by Crippen LogP contribution is 2.22. The standard InChI is InChI=1S/C19H23NO5/c1-20-13-16(14-8-4-2-5-9-14)25-18(23)11-7-3-6-10-15(19(20)24)12-17(21)22/h2-6,8-9,15-16H,7,10-13H2,1H3,(H,21,22)/t15-,16-/m0/s1. The molecule has 1 aliphatic heterocycles. The molecule has 0 spiro atoms. The molecule has 0 unspecified atom stereocenters. The average molecular weight is 345 g/mol. The molecule has 25 heavy (non-hydrogen) atoms. The normalized spacial score (nSPS) is 22.7. The van der Waals surface area contributed by atoms with Crippen molar-refractivity contribution >= 4 is 17.8 Å². The maximum absolute atomic E-state index is 12.6. The van der Waals surface area contributed by atoms with E-state index in [1.165, 1.54) is 4.90 Å². The minimum atomic E-state index is -1.00. The SMILES string of the molecule is CN1C[C@@H](c2ccccc2)OC(=O)CCC=CC[C@@H](CC(=O)O)C1=O. The molecule has 0 aromatic heterocycles. The third-order valence-corrected chi connectivity index (χ3v) is 4.13. The minimum Gasteiger partial charge on any atom is -0.481 e. The van der Waals surface area contributed by atoms with Gasteiger partial charge in [0.1, 0.15) is 6.10 Å². The van der Waals surface area contributed by atoms with Crippen molar-refractivity contribution in [1.82, 2.24) is 4.90 Å². The molecule has 1 aliphatic rings. The summed E-state index contributed by atoms with van der Waals surface area (Å²) in [5.41, 5.74) is 0.804. The smallest absolute Gasteiger partial charge is 0.306 e. The van der Waals surface area contributed by atoms with Crippen molar-refractivity contribution in [3.05, 3.63) is 48.0 Å². The van der Waals surface area contributed by atoms with Gasteiger partial charge in [0.05, 0.1) is 18.9 Å². The molecule has 0 saturated carbocycles. The number of esters is 1. The largest absolute Gasteiger partial charge is 0.481 e. The van der Waals surface area contributed by atoms with Crippen LogP contribution in [0.4, 0.5) is 0 Å². The summed E-state index contributed by atoms with van der Waals surface area (Å²) in [5.74, 6) is -2.20. The zero-order chi connectivity index (χ0) is 18.2. The number of carboxylic acids is 1. The van der Waals surface area contributed by atoms with E-state index in [-0.39, 0.29) is 31.3 Å². The van der Waals surface area contributed by atoms with Crippen LogP contribution in [0.3, 0.4) is 0 Å². The number of carbonyl (C=O) groups is 3. The number of aliphatic carboxylic acids is 1. The lowest BCUT2D eigenvalue weighted by Crippen LogP contribution is -2.37. The Morgan fingerprint density at radius 3 is 2.64 bits per heavy atom. The molecule has 1 heterocycles. The van der Waals surface area contributed by atoms with Crippen molar-refractivity contribution < 1.29 is 24.2 Å². The number of carboxylic acid groups (broad SMARTS) is 1. The number of benzene rings is 1. The van der Waals surface area contributed by atoms with Crippen LogP contribution < -0.4 is 0 Å². The fourth-order valence-corrected chi connectivity index (χ4v) is 2.81. The van der Waals surface area contributed by atoms with Gasteiger partial charge in [-0.15, -0.1) is 0 Å². The topological polar surface area (TPSA) is 83.9 Å². The second-order valence-electron chi connectivity index (χ2n) is 6.15. The molecule has 1 amide bonds. The Morgan fingerprint density at radius 1 is 1.24 bits per heavy atom. The van der Waals surface area contributed by atoms with Crippen molar-refractivity contribution in [3.8, 4) is 0 Å². The number of amides is 1. The first-order valence-corrected chi connectivity index (χ1v) is 8.33. The number of rotatable bonds is 3. The number of hydrogen-bond acceptors (Lipinski definition) is 4. The van der Waals surface area contributed by atoms with Gasteiger partial charge in [-0.2, -0.15) is 0 Å². The predicted molar refractivity (Wildman–Crippen MR) is 91.6 cm³/mol. The van der Waals surface area contributed by atoms with Crippen LogP contribution in [0.15, 0.2) is 42.5 Å². The number of hydrogen-bond donors (Lipinski definition) is 1. The molecule has 1 N–H and O–H groups in total. The molecular formula is C19H23NO5. The van der Waals surface area contributed by atoms with Crippen molar-refractivity contribution in [3.63, 3.8) is 0 Å². The van der Waals surface area contributed by atoms with Gasteiger partial charge in [0.15, 0.2) is 0 Å². The Hall–Kier alpha value is -2.63. The van der Waals surface area contributed by atoms with Gasteiger partial charge < -0.3 is 14.7 Å². The lowest BCUT2D eigenvalue weighted by atomic mass is 9.98. The van der Waals surface area contributed by atoms with Crippen LogP contribution in [0.2, 0.25) is 0 Å². The van der Waals surface area contributed by atoms with Gasteiger partial charge in [0, 0.05) is 13.5 Å². The lowest BCUT2D eigenvalue weighted by molar-refractivity contribution is -0.153. The van der Waals surface area contributed by atoms with Gasteiger partial charge in [-0.05, 0) is 18.4 Å². The van der Waals surface area contributed by atoms with Gasteiger partial charge in [0.2, 0.25) is 5.91 Å². The summed E-state index contributed by atoms with van der Waals surface area (Å²) in [7, 11) is 1.61. The van der Waals surface area contributed by atoms with E-state index in [9.17, 15) is 14.4 Å². The Morgan fingerprint density at radius 2 is 1.96 bits per heavy atom. The number of carbonyl (C=O) groups excluding carboxylic acids is 2. The van der Waals surface area contributed by atoms with Crippen molar-refractivity contribution in [1.29, 1.82) is 0 Å². The van der Waals surface area contributed by atoms with Gasteiger partial charge >= 0.3 is 11.9 Å². The Labute approximate surface area is 147 Å². The van der Waals surface area contributed by atoms with E-state index in [0.29, 0.717) is 12.8 Å². The summed E-state index contributed by atoms with van der Waals surface area (Å²) in [4.78, 5) is 37.2. The fourth-order valence-electron chi connectivity index (χ4n) is 2.81. The van der Waals surface area contributed by atoms with E-state index in [0.717, 1.165) is 5.56 Å². The molecule has 6 nitrogen and oxygen atoms in total. The Balaban J connectivity index is 2.24. The first-order valence-electron chi connectivity index (χ1n) is 8.33. The molecule has 1 aromatic rings. The molecule has 2 atom stereocenters. The average Bonchev–Trinajstić information content (AvgIpc) is 2.58. The van der Waals surface area contributed by atoms with Crippen LogP contribution in [0.25, 0.3) is 0 Å². The molecule has 0 bridgehead atoms. The van der Waals surface area contributed by atoms with Crippen LogP contribution >= 0.6 is 0 Å². The summed E-state index contributed by atoms with van der Waals surface area (Å²) in [5, 5.41) is 9.06. The molecule has 134 valence electrons. The summed E-state index contributed by atoms with van der Waals surface area (Å²) in [6, 6.07) is 9.24. The second-order valence-corrected chi connectivity index (χ2v) is 6.15. The molecule has 0 saturated heterocycles. The third-order valence-electron chi connectivity index (χ3n) is 4.13. The molecule has 6 heteroatoms. The summed E-state index contributed by atoms with van der Waals surface area (Å²) in [6.07, 6.45) is 3.87. The van der Waals surface area contributed by atoms with Crippen molar-refractivity contribution in [2.75, 3.05) is 13.6 Å². The third kappa shape index (κ3) is 5.74. The summed E-state index contributed by atoms with van der Waals surface area (Å²) < 4.78 is 5.56. The van der Waals surface area contributed by atoms with E-state index in [2.05, 4.69) is 0 Å². The lowest BCUT2D eigenvalue weighted by Gasteiger charge is -2.27. The van der Waals surface area contributed by atoms with E-state index in [4.69, 9.17) is 9.84 Å². The highest BCUT2D eigenvalue weighted by Gasteiger charge is 2.27. The maximum Gasteiger partial charge on any atom is 0.306 e. The minimum absolute atomic E-state index is 0.189. The van der Waals surface area contributed by atoms with E-state index in [1.54, 1.807) is 19.2 Å². The number of cyclic esters (lactones) is 1. The van der Waals surface area contributed by atoms with Crippen LogP contribution in [0.1, 0.15) is 37.4 Å². The number of likely N-dealkylation sites (N-methyl/N-ethyl adjacent to an activating group) is 1. The van der Waals surface area contributed by atoms with Gasteiger partial charge in [-0.1, -0.05) is 42.5 Å². The molecule has 0 fully saturated rings. The molecular weight excluding hydrogens is 322 g/mol. The Kier molecular flexibility index (Phi) is 6.74. The molecule has 0 radical (unpaired) electrons. The van der Waals surface area contributed by atoms with Crippen LogP contribution in [-0.2, 0) is 19.1 Å². The zero-order valence-electron chi connectivity index (χ0n) is 14.3. The Bertz CT molecular complexity index is 640. The second kappa shape index (κ2) is 9.01. The van der Waals surface area contributed by atoms with E-state index >= 15 is 0 Å². The van der Waals surface area contributed by atoms with Crippen LogP contribution in [-0.4, -0.2) is 41.4 Å². The molecule has 2 rings (SSSR count).